The van der Waals surface area contributed by atoms with Crippen LogP contribution < -0.4 is 20.3 Å². The second-order valence-electron chi connectivity index (χ2n) is 12.1. The highest BCUT2D eigenvalue weighted by molar-refractivity contribution is 6.05. The molecule has 2 aromatic carbocycles. The number of piperidine rings is 1. The summed E-state index contributed by atoms with van der Waals surface area (Å²) in [5.41, 5.74) is 1.74. The molecule has 2 fully saturated rings. The van der Waals surface area contributed by atoms with E-state index in [0.29, 0.717) is 34.5 Å². The molecule has 6 rings (SSSR count). The Balaban J connectivity index is 1.18. The molecule has 0 bridgehead atoms. The van der Waals surface area contributed by atoms with Gasteiger partial charge in [-0.15, -0.1) is 0 Å². The van der Waals surface area contributed by atoms with E-state index in [1.165, 1.54) is 18.5 Å². The van der Waals surface area contributed by atoms with Crippen LogP contribution in [0.1, 0.15) is 48.2 Å². The van der Waals surface area contributed by atoms with Crippen molar-refractivity contribution in [1.82, 2.24) is 24.8 Å². The molecule has 0 radical (unpaired) electrons. The van der Waals surface area contributed by atoms with Gasteiger partial charge in [-0.2, -0.15) is 13.2 Å². The number of hydrogen-bond acceptors (Lipinski definition) is 10. The second-order valence-corrected chi connectivity index (χ2v) is 12.1. The van der Waals surface area contributed by atoms with Gasteiger partial charge in [0.2, 0.25) is 5.95 Å². The fraction of sp³-hybridized carbons (Fsp3) is 0.424. The number of carbonyl (C=O) groups excluding carboxylic acids is 1. The number of aromatic nitrogens is 4. The van der Waals surface area contributed by atoms with E-state index in [4.69, 9.17) is 14.5 Å². The Morgan fingerprint density at radius 1 is 1.02 bits per heavy atom. The fourth-order valence-corrected chi connectivity index (χ4v) is 6.27. The lowest BCUT2D eigenvalue weighted by atomic mass is 10.0. The monoisotopic (exact) mass is 650 g/mol. The molecule has 2 aliphatic rings. The highest BCUT2D eigenvalue weighted by Crippen LogP contribution is 2.38. The minimum absolute atomic E-state index is 0.0117. The Hall–Kier alpha value is -4.56. The zero-order valence-corrected chi connectivity index (χ0v) is 26.6. The van der Waals surface area contributed by atoms with Crippen LogP contribution in [-0.2, 0) is 10.9 Å². The number of anilines is 4. The standard InChI is InChI=1S/C33H37F3N8O3/c1-19-5-6-22(31(45)40-23-7-8-28(46-4)25(14-23)33(34,35)36)13-26(19)41-30-29-27(38-18-39-30)15-37-32(42-29)43-11-9-24(10-12-43)44-16-20(2)47-21(3)17-44/h5-8,13-15,18,20-21,24H,9-12,16-17H2,1-4H3,(H,40,45)(H,38,39,41)/t20-,21+. The molecule has 11 nitrogen and oxygen atoms in total. The first-order chi connectivity index (χ1) is 22.5. The van der Waals surface area contributed by atoms with E-state index in [1.807, 2.05) is 6.92 Å². The average Bonchev–Trinajstić information content (AvgIpc) is 3.05. The molecule has 0 aliphatic carbocycles. The largest absolute Gasteiger partial charge is 0.496 e. The van der Waals surface area contributed by atoms with Crippen LogP contribution in [0.15, 0.2) is 48.9 Å². The SMILES string of the molecule is COc1ccc(NC(=O)c2ccc(C)c(Nc3ncnc4cnc(N5CCC(N6C[C@@H](C)O[C@@H](C)C6)CC5)nc34)c2)cc1C(F)(F)F. The number of carbonyl (C=O) groups is 1. The van der Waals surface area contributed by atoms with Crippen LogP contribution in [-0.4, -0.2) is 82.3 Å². The van der Waals surface area contributed by atoms with Crippen molar-refractivity contribution >= 4 is 40.1 Å². The van der Waals surface area contributed by atoms with Crippen molar-refractivity contribution in [2.24, 2.45) is 0 Å². The summed E-state index contributed by atoms with van der Waals surface area (Å²) in [5, 5.41) is 5.83. The number of rotatable bonds is 7. The number of alkyl halides is 3. The molecule has 47 heavy (non-hydrogen) atoms. The average molecular weight is 651 g/mol. The van der Waals surface area contributed by atoms with Gasteiger partial charge < -0.3 is 25.0 Å². The normalized spacial score (nSPS) is 19.5. The third-order valence-electron chi connectivity index (χ3n) is 8.59. The molecule has 2 atom stereocenters. The number of morpholine rings is 1. The predicted octanol–water partition coefficient (Wildman–Crippen LogP) is 5.83. The van der Waals surface area contributed by atoms with Gasteiger partial charge in [0.15, 0.2) is 5.82 Å². The molecule has 0 saturated carbocycles. The minimum Gasteiger partial charge on any atom is -0.496 e. The van der Waals surface area contributed by atoms with Gasteiger partial charge in [-0.1, -0.05) is 6.07 Å². The molecule has 2 N–H and O–H groups in total. The summed E-state index contributed by atoms with van der Waals surface area (Å²) in [7, 11) is 1.16. The number of methoxy groups -OCH3 is 1. The Labute approximate surface area is 270 Å². The van der Waals surface area contributed by atoms with Crippen molar-refractivity contribution in [2.45, 2.75) is 58.0 Å². The first-order valence-electron chi connectivity index (χ1n) is 15.5. The van der Waals surface area contributed by atoms with Gasteiger partial charge in [0.1, 0.15) is 23.1 Å². The maximum Gasteiger partial charge on any atom is 0.420 e. The van der Waals surface area contributed by atoms with Crippen molar-refractivity contribution in [1.29, 1.82) is 0 Å². The molecule has 0 spiro atoms. The lowest BCUT2D eigenvalue weighted by molar-refractivity contribution is -0.138. The summed E-state index contributed by atoms with van der Waals surface area (Å²) < 4.78 is 51.3. The lowest BCUT2D eigenvalue weighted by Gasteiger charge is -2.43. The molecule has 2 aliphatic heterocycles. The summed E-state index contributed by atoms with van der Waals surface area (Å²) in [4.78, 5) is 36.1. The van der Waals surface area contributed by atoms with Gasteiger partial charge in [-0.05, 0) is 69.5 Å². The summed E-state index contributed by atoms with van der Waals surface area (Å²) in [6, 6.07) is 8.83. The molecule has 14 heteroatoms. The Morgan fingerprint density at radius 3 is 2.47 bits per heavy atom. The molecule has 248 valence electrons. The molecule has 1 amide bonds. The smallest absolute Gasteiger partial charge is 0.420 e. The molecule has 0 unspecified atom stereocenters. The Kier molecular flexibility index (Phi) is 9.15. The molecule has 2 saturated heterocycles. The number of halogens is 3. The first-order valence-corrected chi connectivity index (χ1v) is 15.5. The van der Waals surface area contributed by atoms with Crippen LogP contribution in [0, 0.1) is 6.92 Å². The van der Waals surface area contributed by atoms with Crippen LogP contribution >= 0.6 is 0 Å². The maximum atomic E-state index is 13.5. The number of ether oxygens (including phenoxy) is 2. The van der Waals surface area contributed by atoms with Crippen LogP contribution in [0.25, 0.3) is 11.0 Å². The van der Waals surface area contributed by atoms with E-state index in [1.54, 1.807) is 24.4 Å². The zero-order chi connectivity index (χ0) is 33.3. The fourth-order valence-electron chi connectivity index (χ4n) is 6.27. The van der Waals surface area contributed by atoms with Crippen LogP contribution in [0.2, 0.25) is 0 Å². The summed E-state index contributed by atoms with van der Waals surface area (Å²) in [5.74, 6) is 0.131. The van der Waals surface area contributed by atoms with Crippen molar-refractivity contribution in [2.75, 3.05) is 48.8 Å². The number of amides is 1. The quantitative estimate of drug-likeness (QED) is 0.253. The molecule has 4 heterocycles. The zero-order valence-electron chi connectivity index (χ0n) is 26.6. The number of nitrogens with zero attached hydrogens (tertiary/aromatic N) is 6. The first kappa shape index (κ1) is 32.4. The van der Waals surface area contributed by atoms with Gasteiger partial charge in [-0.3, -0.25) is 9.69 Å². The highest BCUT2D eigenvalue weighted by atomic mass is 19.4. The van der Waals surface area contributed by atoms with Crippen molar-refractivity contribution in [3.63, 3.8) is 0 Å². The summed E-state index contributed by atoms with van der Waals surface area (Å²) >= 11 is 0. The van der Waals surface area contributed by atoms with Gasteiger partial charge in [0.25, 0.3) is 5.91 Å². The third-order valence-corrected chi connectivity index (χ3v) is 8.59. The number of fused-ring (bicyclic) bond motifs is 1. The number of nitrogens with one attached hydrogen (secondary N) is 2. The van der Waals surface area contributed by atoms with Crippen molar-refractivity contribution < 1.29 is 27.4 Å². The van der Waals surface area contributed by atoms with Crippen LogP contribution in [0.4, 0.5) is 36.3 Å². The van der Waals surface area contributed by atoms with Crippen LogP contribution in [0.5, 0.6) is 5.75 Å². The van der Waals surface area contributed by atoms with Crippen LogP contribution in [0.3, 0.4) is 0 Å². The van der Waals surface area contributed by atoms with Crippen molar-refractivity contribution in [3.05, 3.63) is 65.6 Å². The van der Waals surface area contributed by atoms with E-state index in [9.17, 15) is 18.0 Å². The topological polar surface area (TPSA) is 118 Å². The minimum atomic E-state index is -4.65. The maximum absolute atomic E-state index is 13.5. The molecule has 2 aromatic heterocycles. The van der Waals surface area contributed by atoms with E-state index in [-0.39, 0.29) is 29.2 Å². The second kappa shape index (κ2) is 13.3. The molecule has 4 aromatic rings. The predicted molar refractivity (Wildman–Crippen MR) is 172 cm³/mol. The number of aryl methyl sites for hydroxylation is 1. The van der Waals surface area contributed by atoms with Gasteiger partial charge >= 0.3 is 6.18 Å². The van der Waals surface area contributed by atoms with Crippen molar-refractivity contribution in [3.8, 4) is 5.75 Å². The Bertz CT molecular complexity index is 1750. The van der Waals surface area contributed by atoms with Gasteiger partial charge in [0, 0.05) is 49.2 Å². The van der Waals surface area contributed by atoms with E-state index in [2.05, 4.69) is 49.2 Å². The number of benzene rings is 2. The summed E-state index contributed by atoms with van der Waals surface area (Å²) in [6.07, 6.45) is 0.905. The highest BCUT2D eigenvalue weighted by Gasteiger charge is 2.35. The number of hydrogen-bond donors (Lipinski definition) is 2. The third kappa shape index (κ3) is 7.23. The van der Waals surface area contributed by atoms with Gasteiger partial charge in [0.05, 0.1) is 31.1 Å². The van der Waals surface area contributed by atoms with E-state index < -0.39 is 17.6 Å². The molecular formula is C33H37F3N8O3. The van der Waals surface area contributed by atoms with E-state index in [0.717, 1.165) is 57.8 Å². The van der Waals surface area contributed by atoms with Gasteiger partial charge in [-0.25, -0.2) is 19.9 Å². The lowest BCUT2D eigenvalue weighted by Crippen LogP contribution is -2.53. The Morgan fingerprint density at radius 2 is 1.77 bits per heavy atom. The molecular weight excluding hydrogens is 613 g/mol. The summed E-state index contributed by atoms with van der Waals surface area (Å²) in [6.45, 7) is 9.64. The van der Waals surface area contributed by atoms with E-state index >= 15 is 0 Å².